The van der Waals surface area contributed by atoms with Gasteiger partial charge in [-0.25, -0.2) is 14.4 Å². The minimum absolute atomic E-state index is 0.0590. The van der Waals surface area contributed by atoms with E-state index in [2.05, 4.69) is 20.3 Å². The maximum atomic E-state index is 13.3. The summed E-state index contributed by atoms with van der Waals surface area (Å²) in [6, 6.07) is 10.4. The van der Waals surface area contributed by atoms with Crippen molar-refractivity contribution < 1.29 is 4.39 Å². The molecule has 4 rings (SSSR count). The van der Waals surface area contributed by atoms with Crippen LogP contribution in [0.15, 0.2) is 54.4 Å². The van der Waals surface area contributed by atoms with E-state index in [-0.39, 0.29) is 5.02 Å². The molecular weight excluding hydrogens is 347 g/mol. The topological polar surface area (TPSA) is 50.7 Å². The van der Waals surface area contributed by atoms with Crippen LogP contribution in [0, 0.1) is 5.82 Å². The second-order valence-electron chi connectivity index (χ2n) is 5.07. The van der Waals surface area contributed by atoms with Crippen molar-refractivity contribution in [2.24, 2.45) is 0 Å². The van der Waals surface area contributed by atoms with Gasteiger partial charge in [0.05, 0.1) is 20.9 Å². The predicted octanol–water partition coefficient (Wildman–Crippen LogP) is 5.29. The number of nitrogens with one attached hydrogen (secondary N) is 1. The molecule has 118 valence electrons. The predicted molar refractivity (Wildman–Crippen MR) is 95.3 cm³/mol. The van der Waals surface area contributed by atoms with Crippen LogP contribution in [0.1, 0.15) is 0 Å². The summed E-state index contributed by atoms with van der Waals surface area (Å²) in [5.41, 5.74) is 4.30. The Morgan fingerprint density at radius 2 is 2.00 bits per heavy atom. The van der Waals surface area contributed by atoms with Crippen LogP contribution in [-0.2, 0) is 0 Å². The number of rotatable bonds is 3. The van der Waals surface area contributed by atoms with E-state index in [4.69, 9.17) is 11.6 Å². The molecule has 0 saturated carbocycles. The van der Waals surface area contributed by atoms with Gasteiger partial charge in [0.15, 0.2) is 0 Å². The molecule has 7 heteroatoms. The molecule has 0 aliphatic carbocycles. The summed E-state index contributed by atoms with van der Waals surface area (Å²) < 4.78 is 13.3. The Hall–Kier alpha value is -2.57. The molecule has 0 fully saturated rings. The van der Waals surface area contributed by atoms with Crippen LogP contribution in [0.4, 0.5) is 15.9 Å². The third-order valence-corrected chi connectivity index (χ3v) is 4.65. The van der Waals surface area contributed by atoms with Crippen LogP contribution in [0.3, 0.4) is 0 Å². The van der Waals surface area contributed by atoms with Gasteiger partial charge in [-0.05, 0) is 35.9 Å². The Balaban J connectivity index is 1.79. The highest BCUT2D eigenvalue weighted by molar-refractivity contribution is 7.13. The minimum atomic E-state index is -0.456. The van der Waals surface area contributed by atoms with Gasteiger partial charge >= 0.3 is 0 Å². The number of fused-ring (bicyclic) bond motifs is 1. The quantitative estimate of drug-likeness (QED) is 0.542. The molecule has 2 heterocycles. The van der Waals surface area contributed by atoms with Crippen LogP contribution in [0.2, 0.25) is 5.02 Å². The van der Waals surface area contributed by atoms with E-state index in [0.29, 0.717) is 11.5 Å². The lowest BCUT2D eigenvalue weighted by Gasteiger charge is -2.10. The molecule has 2 aromatic carbocycles. The first-order valence-corrected chi connectivity index (χ1v) is 8.32. The molecule has 2 aromatic heterocycles. The highest BCUT2D eigenvalue weighted by atomic mass is 35.5. The second-order valence-corrected chi connectivity index (χ2v) is 6.37. The SMILES string of the molecule is Fc1ccc(Nc2ncnc3ccc(-c4cncs4)cc23)cc1Cl. The van der Waals surface area contributed by atoms with Crippen molar-refractivity contribution in [2.75, 3.05) is 5.32 Å². The Morgan fingerprint density at radius 3 is 2.79 bits per heavy atom. The maximum absolute atomic E-state index is 13.3. The number of benzene rings is 2. The molecular formula is C17H10ClFN4S. The monoisotopic (exact) mass is 356 g/mol. The zero-order valence-corrected chi connectivity index (χ0v) is 13.8. The van der Waals surface area contributed by atoms with Crippen molar-refractivity contribution in [3.8, 4) is 10.4 Å². The van der Waals surface area contributed by atoms with Crippen LogP contribution in [-0.4, -0.2) is 15.0 Å². The molecule has 0 bridgehead atoms. The van der Waals surface area contributed by atoms with Gasteiger partial charge in [-0.2, -0.15) is 0 Å². The molecule has 24 heavy (non-hydrogen) atoms. The van der Waals surface area contributed by atoms with E-state index in [9.17, 15) is 4.39 Å². The van der Waals surface area contributed by atoms with Gasteiger partial charge in [-0.15, -0.1) is 11.3 Å². The van der Waals surface area contributed by atoms with Crippen molar-refractivity contribution in [1.29, 1.82) is 0 Å². The average molecular weight is 357 g/mol. The number of thiazole rings is 1. The van der Waals surface area contributed by atoms with Crippen LogP contribution < -0.4 is 5.32 Å². The number of anilines is 2. The zero-order chi connectivity index (χ0) is 16.5. The molecule has 0 amide bonds. The van der Waals surface area contributed by atoms with Gasteiger partial charge in [-0.1, -0.05) is 17.7 Å². The van der Waals surface area contributed by atoms with E-state index in [0.717, 1.165) is 21.3 Å². The molecule has 0 spiro atoms. The van der Waals surface area contributed by atoms with Crippen LogP contribution >= 0.6 is 22.9 Å². The fourth-order valence-electron chi connectivity index (χ4n) is 2.38. The van der Waals surface area contributed by atoms with Gasteiger partial charge in [0.1, 0.15) is 18.0 Å². The number of hydrogen-bond acceptors (Lipinski definition) is 5. The fraction of sp³-hybridized carbons (Fsp3) is 0. The van der Waals surface area contributed by atoms with Crippen molar-refractivity contribution in [3.63, 3.8) is 0 Å². The summed E-state index contributed by atoms with van der Waals surface area (Å²) in [6.07, 6.45) is 3.31. The Kier molecular flexibility index (Phi) is 3.84. The van der Waals surface area contributed by atoms with E-state index in [1.165, 1.54) is 18.5 Å². The second kappa shape index (κ2) is 6.14. The van der Waals surface area contributed by atoms with E-state index in [1.54, 1.807) is 22.9 Å². The van der Waals surface area contributed by atoms with Crippen molar-refractivity contribution >= 4 is 45.3 Å². The molecule has 0 aliphatic rings. The summed E-state index contributed by atoms with van der Waals surface area (Å²) in [6.45, 7) is 0. The first-order valence-electron chi connectivity index (χ1n) is 7.06. The van der Waals surface area contributed by atoms with E-state index in [1.807, 2.05) is 24.4 Å². The third kappa shape index (κ3) is 2.81. The zero-order valence-electron chi connectivity index (χ0n) is 12.2. The van der Waals surface area contributed by atoms with Crippen LogP contribution in [0.25, 0.3) is 21.3 Å². The van der Waals surface area contributed by atoms with Gasteiger partial charge in [0, 0.05) is 17.3 Å². The number of nitrogens with zero attached hydrogens (tertiary/aromatic N) is 3. The largest absolute Gasteiger partial charge is 0.340 e. The lowest BCUT2D eigenvalue weighted by Crippen LogP contribution is -1.96. The molecule has 1 N–H and O–H groups in total. The van der Waals surface area contributed by atoms with Crippen molar-refractivity contribution in [1.82, 2.24) is 15.0 Å². The molecule has 0 unspecified atom stereocenters. The Labute approximate surface area is 146 Å². The van der Waals surface area contributed by atoms with Crippen molar-refractivity contribution in [2.45, 2.75) is 0 Å². The molecule has 0 atom stereocenters. The summed E-state index contributed by atoms with van der Waals surface area (Å²) in [4.78, 5) is 13.8. The van der Waals surface area contributed by atoms with E-state index >= 15 is 0 Å². The highest BCUT2D eigenvalue weighted by Crippen LogP contribution is 2.30. The smallest absolute Gasteiger partial charge is 0.141 e. The third-order valence-electron chi connectivity index (χ3n) is 3.53. The Bertz CT molecular complexity index is 1020. The number of aromatic nitrogens is 3. The number of halogens is 2. The standard InChI is InChI=1S/C17H10ClFN4S/c18-13-6-11(2-3-14(13)19)23-17-12-5-10(16-7-20-9-24-16)1-4-15(12)21-8-22-17/h1-9H,(H,21,22,23). The lowest BCUT2D eigenvalue weighted by atomic mass is 10.1. The normalized spacial score (nSPS) is 10.9. The van der Waals surface area contributed by atoms with Gasteiger partial charge in [0.2, 0.25) is 0 Å². The van der Waals surface area contributed by atoms with Crippen molar-refractivity contribution in [3.05, 3.63) is 65.3 Å². The molecule has 4 nitrogen and oxygen atoms in total. The molecule has 0 radical (unpaired) electrons. The minimum Gasteiger partial charge on any atom is -0.340 e. The average Bonchev–Trinajstić information content (AvgIpc) is 3.13. The van der Waals surface area contributed by atoms with E-state index < -0.39 is 5.82 Å². The number of hydrogen-bond donors (Lipinski definition) is 1. The first kappa shape index (κ1) is 15.0. The fourth-order valence-corrected chi connectivity index (χ4v) is 3.18. The van der Waals surface area contributed by atoms with Crippen LogP contribution in [0.5, 0.6) is 0 Å². The summed E-state index contributed by atoms with van der Waals surface area (Å²) >= 11 is 7.40. The summed E-state index contributed by atoms with van der Waals surface area (Å²) in [5.74, 6) is 0.177. The molecule has 0 aliphatic heterocycles. The maximum Gasteiger partial charge on any atom is 0.141 e. The first-order chi connectivity index (χ1) is 11.7. The summed E-state index contributed by atoms with van der Waals surface area (Å²) in [5, 5.41) is 4.10. The highest BCUT2D eigenvalue weighted by Gasteiger charge is 2.08. The molecule has 4 aromatic rings. The van der Waals surface area contributed by atoms with Gasteiger partial charge in [-0.3, -0.25) is 4.98 Å². The lowest BCUT2D eigenvalue weighted by molar-refractivity contribution is 0.628. The molecule has 0 saturated heterocycles. The Morgan fingerprint density at radius 1 is 1.08 bits per heavy atom. The van der Waals surface area contributed by atoms with Gasteiger partial charge in [0.25, 0.3) is 0 Å². The summed E-state index contributed by atoms with van der Waals surface area (Å²) in [7, 11) is 0. The van der Waals surface area contributed by atoms with Gasteiger partial charge < -0.3 is 5.32 Å².